The Morgan fingerprint density at radius 1 is 1.29 bits per heavy atom. The van der Waals surface area contributed by atoms with E-state index < -0.39 is 22.7 Å². The van der Waals surface area contributed by atoms with E-state index in [4.69, 9.17) is 5.11 Å². The van der Waals surface area contributed by atoms with Crippen molar-refractivity contribution in [2.24, 2.45) is 0 Å². The molecule has 21 heavy (non-hydrogen) atoms. The summed E-state index contributed by atoms with van der Waals surface area (Å²) in [6, 6.07) is 6.36. The van der Waals surface area contributed by atoms with E-state index in [1.54, 1.807) is 12.1 Å². The number of rotatable bonds is 4. The molecule has 2 aromatic rings. The molecular formula is C13H11F3N2O2S. The fourth-order valence-electron chi connectivity index (χ4n) is 1.67. The number of thiazole rings is 1. The molecule has 0 aliphatic heterocycles. The van der Waals surface area contributed by atoms with Crippen LogP contribution in [0.3, 0.4) is 0 Å². The minimum Gasteiger partial charge on any atom is -0.508 e. The van der Waals surface area contributed by atoms with Crippen LogP contribution in [0.1, 0.15) is 20.9 Å². The maximum absolute atomic E-state index is 12.6. The number of nitrogens with zero attached hydrogens (tertiary/aromatic N) is 1. The molecule has 1 heterocycles. The molecule has 0 bridgehead atoms. The first-order valence-corrected chi connectivity index (χ1v) is 6.82. The van der Waals surface area contributed by atoms with Crippen molar-refractivity contribution >= 4 is 17.2 Å². The minimum atomic E-state index is -4.64. The van der Waals surface area contributed by atoms with Gasteiger partial charge < -0.3 is 10.4 Å². The monoisotopic (exact) mass is 316 g/mol. The number of amides is 1. The molecule has 0 fully saturated rings. The van der Waals surface area contributed by atoms with E-state index in [9.17, 15) is 18.0 Å². The molecule has 0 aliphatic rings. The lowest BCUT2D eigenvalue weighted by atomic mass is 10.1. The molecule has 1 aromatic heterocycles. The molecule has 0 saturated carbocycles. The van der Waals surface area contributed by atoms with Crippen molar-refractivity contribution in [1.82, 2.24) is 10.3 Å². The van der Waals surface area contributed by atoms with Crippen LogP contribution in [0.2, 0.25) is 0 Å². The van der Waals surface area contributed by atoms with Crippen LogP contribution >= 0.6 is 11.3 Å². The SMILES string of the molecule is O=C(NCCc1ccc(O)cc1)c1scnc1C(F)(F)F. The molecule has 0 spiro atoms. The van der Waals surface area contributed by atoms with Crippen LogP contribution < -0.4 is 5.32 Å². The van der Waals surface area contributed by atoms with E-state index in [1.807, 2.05) is 0 Å². The number of alkyl halides is 3. The van der Waals surface area contributed by atoms with Crippen molar-refractivity contribution in [1.29, 1.82) is 0 Å². The number of phenols is 1. The van der Waals surface area contributed by atoms with Gasteiger partial charge in [-0.15, -0.1) is 11.3 Å². The van der Waals surface area contributed by atoms with Gasteiger partial charge in [0.25, 0.3) is 5.91 Å². The Morgan fingerprint density at radius 2 is 1.95 bits per heavy atom. The number of carbonyl (C=O) groups is 1. The van der Waals surface area contributed by atoms with Crippen molar-refractivity contribution in [3.8, 4) is 5.75 Å². The molecule has 4 nitrogen and oxygen atoms in total. The third-order valence-electron chi connectivity index (χ3n) is 2.68. The molecule has 1 amide bonds. The Kier molecular flexibility index (Phi) is 4.46. The zero-order chi connectivity index (χ0) is 15.5. The predicted octanol–water partition coefficient (Wildman–Crippen LogP) is 2.84. The van der Waals surface area contributed by atoms with E-state index in [-0.39, 0.29) is 12.3 Å². The summed E-state index contributed by atoms with van der Waals surface area (Å²) in [6.45, 7) is 0.193. The first-order valence-electron chi connectivity index (χ1n) is 5.94. The average molecular weight is 316 g/mol. The van der Waals surface area contributed by atoms with Crippen LogP contribution in [0.4, 0.5) is 13.2 Å². The molecule has 0 aliphatic carbocycles. The summed E-state index contributed by atoms with van der Waals surface area (Å²) in [6.07, 6.45) is -4.18. The van der Waals surface area contributed by atoms with Crippen LogP contribution in [-0.2, 0) is 12.6 Å². The Balaban J connectivity index is 1.94. The smallest absolute Gasteiger partial charge is 0.434 e. The van der Waals surface area contributed by atoms with Crippen molar-refractivity contribution in [3.63, 3.8) is 0 Å². The predicted molar refractivity (Wildman–Crippen MR) is 71.3 cm³/mol. The summed E-state index contributed by atoms with van der Waals surface area (Å²) < 4.78 is 37.8. The number of carbonyl (C=O) groups excluding carboxylic acids is 1. The van der Waals surface area contributed by atoms with Gasteiger partial charge in [-0.05, 0) is 24.1 Å². The molecule has 112 valence electrons. The second-order valence-electron chi connectivity index (χ2n) is 4.20. The summed E-state index contributed by atoms with van der Waals surface area (Å²) in [4.78, 5) is 14.5. The Bertz CT molecular complexity index is 623. The van der Waals surface area contributed by atoms with Crippen LogP contribution in [0.25, 0.3) is 0 Å². The molecule has 0 radical (unpaired) electrons. The van der Waals surface area contributed by atoms with Crippen molar-refractivity contribution in [2.45, 2.75) is 12.6 Å². The van der Waals surface area contributed by atoms with Gasteiger partial charge in [-0.3, -0.25) is 4.79 Å². The van der Waals surface area contributed by atoms with Crippen molar-refractivity contribution < 1.29 is 23.1 Å². The summed E-state index contributed by atoms with van der Waals surface area (Å²) >= 11 is 0.657. The quantitative estimate of drug-likeness (QED) is 0.912. The van der Waals surface area contributed by atoms with Gasteiger partial charge in [0, 0.05) is 6.54 Å². The van der Waals surface area contributed by atoms with Gasteiger partial charge in [0.05, 0.1) is 5.51 Å². The second-order valence-corrected chi connectivity index (χ2v) is 5.05. The zero-order valence-corrected chi connectivity index (χ0v) is 11.5. The number of benzene rings is 1. The third-order valence-corrected chi connectivity index (χ3v) is 3.50. The van der Waals surface area contributed by atoms with Gasteiger partial charge in [0.1, 0.15) is 10.6 Å². The summed E-state index contributed by atoms with van der Waals surface area (Å²) in [5, 5.41) is 11.5. The number of aromatic hydroxyl groups is 1. The summed E-state index contributed by atoms with van der Waals surface area (Å²) in [5.74, 6) is -0.661. The maximum atomic E-state index is 12.6. The number of hydrogen-bond acceptors (Lipinski definition) is 4. The van der Waals surface area contributed by atoms with Gasteiger partial charge in [0.2, 0.25) is 0 Å². The fraction of sp³-hybridized carbons (Fsp3) is 0.231. The van der Waals surface area contributed by atoms with E-state index in [0.717, 1.165) is 11.1 Å². The Morgan fingerprint density at radius 3 is 2.57 bits per heavy atom. The van der Waals surface area contributed by atoms with E-state index in [2.05, 4.69) is 10.3 Å². The van der Waals surface area contributed by atoms with Crippen LogP contribution in [0, 0.1) is 0 Å². The average Bonchev–Trinajstić information content (AvgIpc) is 2.90. The molecule has 0 saturated heterocycles. The topological polar surface area (TPSA) is 62.2 Å². The largest absolute Gasteiger partial charge is 0.508 e. The minimum absolute atomic E-state index is 0.127. The molecule has 2 N–H and O–H groups in total. The summed E-state index contributed by atoms with van der Waals surface area (Å²) in [7, 11) is 0. The standard InChI is InChI=1S/C13H11F3N2O2S/c14-13(15,16)11-10(21-7-18-11)12(20)17-6-5-8-1-3-9(19)4-2-8/h1-4,7,19H,5-6H2,(H,17,20). The number of hydrogen-bond donors (Lipinski definition) is 2. The van der Waals surface area contributed by atoms with E-state index in [0.29, 0.717) is 17.8 Å². The van der Waals surface area contributed by atoms with Crippen LogP contribution in [-0.4, -0.2) is 22.5 Å². The highest BCUT2D eigenvalue weighted by Gasteiger charge is 2.38. The lowest BCUT2D eigenvalue weighted by molar-refractivity contribution is -0.141. The fourth-order valence-corrected chi connectivity index (χ4v) is 2.40. The molecule has 2 rings (SSSR count). The van der Waals surface area contributed by atoms with Gasteiger partial charge in [-0.2, -0.15) is 13.2 Å². The number of aromatic nitrogens is 1. The van der Waals surface area contributed by atoms with E-state index >= 15 is 0 Å². The third kappa shape index (κ3) is 3.94. The van der Waals surface area contributed by atoms with Crippen LogP contribution in [0.5, 0.6) is 5.75 Å². The molecule has 1 aromatic carbocycles. The first-order chi connectivity index (χ1) is 9.88. The zero-order valence-electron chi connectivity index (χ0n) is 10.6. The lowest BCUT2D eigenvalue weighted by Gasteiger charge is -2.07. The highest BCUT2D eigenvalue weighted by Crippen LogP contribution is 2.32. The number of phenolic OH excluding ortho intramolecular Hbond substituents is 1. The number of halogens is 3. The first kappa shape index (κ1) is 15.3. The molecule has 0 atom stereocenters. The van der Waals surface area contributed by atoms with Gasteiger partial charge in [0.15, 0.2) is 5.69 Å². The summed E-state index contributed by atoms with van der Waals surface area (Å²) in [5.41, 5.74) is 0.695. The van der Waals surface area contributed by atoms with Gasteiger partial charge in [-0.25, -0.2) is 4.98 Å². The van der Waals surface area contributed by atoms with Crippen molar-refractivity contribution in [3.05, 3.63) is 45.9 Å². The van der Waals surface area contributed by atoms with Gasteiger partial charge >= 0.3 is 6.18 Å². The Hall–Kier alpha value is -2.09. The van der Waals surface area contributed by atoms with Crippen molar-refractivity contribution in [2.75, 3.05) is 6.54 Å². The highest BCUT2D eigenvalue weighted by atomic mass is 32.1. The van der Waals surface area contributed by atoms with Gasteiger partial charge in [-0.1, -0.05) is 12.1 Å². The maximum Gasteiger partial charge on any atom is 0.434 e. The highest BCUT2D eigenvalue weighted by molar-refractivity contribution is 7.11. The Labute approximate surface area is 122 Å². The number of nitrogens with one attached hydrogen (secondary N) is 1. The second kappa shape index (κ2) is 6.13. The molecular weight excluding hydrogens is 305 g/mol. The lowest BCUT2D eigenvalue weighted by Crippen LogP contribution is -2.27. The van der Waals surface area contributed by atoms with Crippen LogP contribution in [0.15, 0.2) is 29.8 Å². The normalized spacial score (nSPS) is 11.4. The molecule has 0 unspecified atom stereocenters. The molecule has 8 heteroatoms. The van der Waals surface area contributed by atoms with E-state index in [1.165, 1.54) is 12.1 Å².